The van der Waals surface area contributed by atoms with Crippen molar-refractivity contribution in [2.45, 2.75) is 19.9 Å². The van der Waals surface area contributed by atoms with E-state index < -0.39 is 6.04 Å². The van der Waals surface area contributed by atoms with Crippen molar-refractivity contribution < 1.29 is 9.90 Å². The largest absolute Gasteiger partial charge is 0.505 e. The zero-order chi connectivity index (χ0) is 19.6. The number of anilines is 1. The van der Waals surface area contributed by atoms with Gasteiger partial charge < -0.3 is 15.3 Å². The van der Waals surface area contributed by atoms with Gasteiger partial charge in [-0.15, -0.1) is 0 Å². The highest BCUT2D eigenvalue weighted by molar-refractivity contribution is 5.86. The number of rotatable bonds is 5. The molecule has 0 radical (unpaired) electrons. The van der Waals surface area contributed by atoms with E-state index in [1.54, 1.807) is 6.20 Å². The third-order valence-electron chi connectivity index (χ3n) is 4.64. The average Bonchev–Trinajstić information content (AvgIpc) is 2.67. The van der Waals surface area contributed by atoms with Crippen LogP contribution in [0.2, 0.25) is 0 Å². The number of aromatic nitrogens is 1. The Bertz CT molecular complexity index is 949. The predicted molar refractivity (Wildman–Crippen MR) is 109 cm³/mol. The minimum atomic E-state index is -0.456. The Morgan fingerprint density at radius 2 is 1.78 bits per heavy atom. The SMILES string of the molecule is CC(C)C(=O)N[C@H](c1ccc(N(C)C)cc1)c1ccc2cccnc2c1O. The Morgan fingerprint density at radius 3 is 2.41 bits per heavy atom. The van der Waals surface area contributed by atoms with Crippen LogP contribution in [0.1, 0.15) is 31.0 Å². The first-order chi connectivity index (χ1) is 12.9. The normalized spacial score (nSPS) is 12.2. The van der Waals surface area contributed by atoms with Gasteiger partial charge in [0.1, 0.15) is 11.3 Å². The maximum atomic E-state index is 12.4. The summed E-state index contributed by atoms with van der Waals surface area (Å²) in [6.07, 6.45) is 1.65. The van der Waals surface area contributed by atoms with E-state index in [4.69, 9.17) is 0 Å². The van der Waals surface area contributed by atoms with E-state index in [9.17, 15) is 9.90 Å². The molecule has 1 aromatic heterocycles. The van der Waals surface area contributed by atoms with Crippen LogP contribution >= 0.6 is 0 Å². The van der Waals surface area contributed by atoms with Crippen molar-refractivity contribution in [1.29, 1.82) is 0 Å². The summed E-state index contributed by atoms with van der Waals surface area (Å²) >= 11 is 0. The third-order valence-corrected chi connectivity index (χ3v) is 4.64. The Morgan fingerprint density at radius 1 is 1.07 bits per heavy atom. The van der Waals surface area contributed by atoms with Crippen LogP contribution in [-0.2, 0) is 4.79 Å². The summed E-state index contributed by atoms with van der Waals surface area (Å²) in [5, 5.41) is 14.8. The van der Waals surface area contributed by atoms with E-state index in [1.165, 1.54) is 0 Å². The predicted octanol–water partition coefficient (Wildman–Crippen LogP) is 3.87. The van der Waals surface area contributed by atoms with Crippen molar-refractivity contribution in [3.63, 3.8) is 0 Å². The summed E-state index contributed by atoms with van der Waals surface area (Å²) in [6, 6.07) is 15.0. The van der Waals surface area contributed by atoms with Crippen LogP contribution in [0.25, 0.3) is 10.9 Å². The minimum absolute atomic E-state index is 0.0720. The van der Waals surface area contributed by atoms with Gasteiger partial charge in [0.2, 0.25) is 5.91 Å². The van der Waals surface area contributed by atoms with E-state index in [0.717, 1.165) is 16.6 Å². The topological polar surface area (TPSA) is 65.5 Å². The number of pyridine rings is 1. The van der Waals surface area contributed by atoms with Gasteiger partial charge in [0.15, 0.2) is 0 Å². The number of hydrogen-bond acceptors (Lipinski definition) is 4. The summed E-state index contributed by atoms with van der Waals surface area (Å²) < 4.78 is 0. The van der Waals surface area contributed by atoms with E-state index in [-0.39, 0.29) is 17.6 Å². The molecule has 0 saturated carbocycles. The number of nitrogens with one attached hydrogen (secondary N) is 1. The molecule has 0 fully saturated rings. The van der Waals surface area contributed by atoms with Gasteiger partial charge in [-0.2, -0.15) is 0 Å². The second kappa shape index (κ2) is 7.66. The van der Waals surface area contributed by atoms with Gasteiger partial charge in [-0.25, -0.2) is 0 Å². The number of phenols is 1. The number of carbonyl (C=O) groups excluding carboxylic acids is 1. The zero-order valence-electron chi connectivity index (χ0n) is 16.1. The lowest BCUT2D eigenvalue weighted by Crippen LogP contribution is -2.32. The first-order valence-corrected chi connectivity index (χ1v) is 9.02. The molecular weight excluding hydrogens is 338 g/mol. The number of hydrogen-bond donors (Lipinski definition) is 2. The molecule has 27 heavy (non-hydrogen) atoms. The molecule has 1 atom stereocenters. The van der Waals surface area contributed by atoms with E-state index in [2.05, 4.69) is 10.3 Å². The van der Waals surface area contributed by atoms with E-state index >= 15 is 0 Å². The molecule has 1 heterocycles. The van der Waals surface area contributed by atoms with Gasteiger partial charge in [-0.3, -0.25) is 9.78 Å². The van der Waals surface area contributed by atoms with Crippen LogP contribution in [0.15, 0.2) is 54.7 Å². The standard InChI is InChI=1S/C22H25N3O2/c1-14(2)22(27)24-19(16-7-10-17(11-8-16)25(3)4)18-12-9-15-6-5-13-23-20(15)21(18)26/h5-14,19,26H,1-4H3,(H,24,27)/t19-/m1/s1. The fourth-order valence-corrected chi connectivity index (χ4v) is 2.99. The average molecular weight is 363 g/mol. The van der Waals surface area contributed by atoms with E-state index in [0.29, 0.717) is 11.1 Å². The van der Waals surface area contributed by atoms with Crippen molar-refractivity contribution in [3.05, 3.63) is 65.9 Å². The number of nitrogens with zero attached hydrogens (tertiary/aromatic N) is 2. The zero-order valence-corrected chi connectivity index (χ0v) is 16.1. The number of fused-ring (bicyclic) bond motifs is 1. The van der Waals surface area contributed by atoms with Gasteiger partial charge >= 0.3 is 0 Å². The highest BCUT2D eigenvalue weighted by Gasteiger charge is 2.23. The summed E-state index contributed by atoms with van der Waals surface area (Å²) in [4.78, 5) is 18.7. The first-order valence-electron chi connectivity index (χ1n) is 9.02. The van der Waals surface area contributed by atoms with Gasteiger partial charge in [0.25, 0.3) is 0 Å². The lowest BCUT2D eigenvalue weighted by atomic mass is 9.95. The maximum absolute atomic E-state index is 12.4. The summed E-state index contributed by atoms with van der Waals surface area (Å²) in [6.45, 7) is 3.70. The number of amides is 1. The van der Waals surface area contributed by atoms with Crippen molar-refractivity contribution in [2.75, 3.05) is 19.0 Å². The van der Waals surface area contributed by atoms with Crippen LogP contribution in [0.3, 0.4) is 0 Å². The fourth-order valence-electron chi connectivity index (χ4n) is 2.99. The molecule has 140 valence electrons. The highest BCUT2D eigenvalue weighted by atomic mass is 16.3. The number of aromatic hydroxyl groups is 1. The van der Waals surface area contributed by atoms with Gasteiger partial charge in [-0.1, -0.05) is 44.2 Å². The quantitative estimate of drug-likeness (QED) is 0.722. The van der Waals surface area contributed by atoms with Gasteiger partial charge in [-0.05, 0) is 23.8 Å². The summed E-state index contributed by atoms with van der Waals surface area (Å²) in [7, 11) is 3.96. The minimum Gasteiger partial charge on any atom is -0.505 e. The smallest absolute Gasteiger partial charge is 0.223 e. The molecule has 5 nitrogen and oxygen atoms in total. The molecule has 0 unspecified atom stereocenters. The van der Waals surface area contributed by atoms with E-state index in [1.807, 2.05) is 81.4 Å². The molecule has 0 spiro atoms. The Labute approximate surface area is 159 Å². The van der Waals surface area contributed by atoms with Crippen LogP contribution < -0.4 is 10.2 Å². The molecule has 0 aliphatic rings. The monoisotopic (exact) mass is 363 g/mol. The van der Waals surface area contributed by atoms with Crippen molar-refractivity contribution in [2.24, 2.45) is 5.92 Å². The summed E-state index contributed by atoms with van der Waals surface area (Å²) in [5.41, 5.74) is 3.13. The van der Waals surface area contributed by atoms with Crippen molar-refractivity contribution in [3.8, 4) is 5.75 Å². The summed E-state index contributed by atoms with van der Waals surface area (Å²) in [5.74, 6) is -0.134. The number of carbonyl (C=O) groups is 1. The second-order valence-corrected chi connectivity index (χ2v) is 7.16. The van der Waals surface area contributed by atoms with Crippen molar-refractivity contribution in [1.82, 2.24) is 10.3 Å². The maximum Gasteiger partial charge on any atom is 0.223 e. The molecule has 3 aromatic rings. The number of benzene rings is 2. The molecule has 5 heteroatoms. The van der Waals surface area contributed by atoms with Crippen LogP contribution in [-0.4, -0.2) is 30.1 Å². The molecule has 0 saturated heterocycles. The lowest BCUT2D eigenvalue weighted by Gasteiger charge is -2.23. The van der Waals surface area contributed by atoms with Gasteiger partial charge in [0, 0.05) is 42.8 Å². The molecular formula is C22H25N3O2. The lowest BCUT2D eigenvalue weighted by molar-refractivity contribution is -0.124. The second-order valence-electron chi connectivity index (χ2n) is 7.16. The van der Waals surface area contributed by atoms with Crippen LogP contribution in [0, 0.1) is 5.92 Å². The van der Waals surface area contributed by atoms with Crippen molar-refractivity contribution >= 4 is 22.5 Å². The molecule has 0 bridgehead atoms. The van der Waals surface area contributed by atoms with Gasteiger partial charge in [0.05, 0.1) is 6.04 Å². The van der Waals surface area contributed by atoms with Crippen LogP contribution in [0.5, 0.6) is 5.75 Å². The Hall–Kier alpha value is -3.08. The molecule has 2 aromatic carbocycles. The first kappa shape index (κ1) is 18.7. The molecule has 1 amide bonds. The molecule has 3 rings (SSSR count). The Kier molecular flexibility index (Phi) is 5.31. The fraction of sp³-hybridized carbons (Fsp3) is 0.273. The highest BCUT2D eigenvalue weighted by Crippen LogP contribution is 2.35. The Balaban J connectivity index is 2.09. The number of phenolic OH excluding ortho intramolecular Hbond substituents is 1. The molecule has 2 N–H and O–H groups in total. The molecule has 0 aliphatic carbocycles. The van der Waals surface area contributed by atoms with Crippen LogP contribution in [0.4, 0.5) is 5.69 Å². The third kappa shape index (κ3) is 3.87. The molecule has 0 aliphatic heterocycles.